The number of benzene rings is 2. The Balaban J connectivity index is 2.39. The van der Waals surface area contributed by atoms with Crippen LogP contribution in [-0.4, -0.2) is 16.1 Å². The number of aromatic carboxylic acids is 1. The zero-order chi connectivity index (χ0) is 18.4. The number of aryl methyl sites for hydroxylation is 2. The van der Waals surface area contributed by atoms with Gasteiger partial charge in [-0.1, -0.05) is 29.8 Å². The predicted molar refractivity (Wildman–Crippen MR) is 88.6 cm³/mol. The molecule has 3 rings (SSSR count). The number of hydrogen-bond acceptors (Lipinski definition) is 2. The molecule has 0 amide bonds. The molecule has 25 heavy (non-hydrogen) atoms. The summed E-state index contributed by atoms with van der Waals surface area (Å²) in [5.41, 5.74) is 0.898. The molecule has 1 N–H and O–H groups in total. The summed E-state index contributed by atoms with van der Waals surface area (Å²) in [7, 11) is 0. The molecule has 0 atom stereocenters. The third-order valence-corrected chi connectivity index (χ3v) is 3.99. The first-order chi connectivity index (χ1) is 11.7. The molecule has 6 heteroatoms. The van der Waals surface area contributed by atoms with Gasteiger partial charge in [-0.15, -0.1) is 0 Å². The van der Waals surface area contributed by atoms with Gasteiger partial charge in [0.05, 0.1) is 22.3 Å². The smallest absolute Gasteiger partial charge is 0.417 e. The quantitative estimate of drug-likeness (QED) is 0.691. The topological polar surface area (TPSA) is 50.2 Å². The van der Waals surface area contributed by atoms with E-state index in [1.165, 1.54) is 24.3 Å². The molecule has 3 aromatic rings. The Labute approximate surface area is 141 Å². The maximum absolute atomic E-state index is 13.3. The van der Waals surface area contributed by atoms with Crippen LogP contribution in [0.3, 0.4) is 0 Å². The van der Waals surface area contributed by atoms with Gasteiger partial charge in [0.15, 0.2) is 0 Å². The minimum Gasteiger partial charge on any atom is -0.478 e. The second kappa shape index (κ2) is 5.88. The van der Waals surface area contributed by atoms with Crippen molar-refractivity contribution in [2.45, 2.75) is 20.0 Å². The van der Waals surface area contributed by atoms with Crippen LogP contribution in [-0.2, 0) is 6.18 Å². The Hall–Kier alpha value is -2.89. The maximum atomic E-state index is 13.3. The molecule has 0 bridgehead atoms. The van der Waals surface area contributed by atoms with E-state index in [4.69, 9.17) is 0 Å². The van der Waals surface area contributed by atoms with Gasteiger partial charge in [-0.2, -0.15) is 13.2 Å². The largest absolute Gasteiger partial charge is 0.478 e. The van der Waals surface area contributed by atoms with E-state index in [9.17, 15) is 23.1 Å². The summed E-state index contributed by atoms with van der Waals surface area (Å²) >= 11 is 0. The van der Waals surface area contributed by atoms with E-state index in [-0.39, 0.29) is 16.8 Å². The predicted octanol–water partition coefficient (Wildman–Crippen LogP) is 5.24. The van der Waals surface area contributed by atoms with Gasteiger partial charge in [0.1, 0.15) is 0 Å². The van der Waals surface area contributed by atoms with Crippen molar-refractivity contribution in [2.75, 3.05) is 0 Å². The van der Waals surface area contributed by atoms with Crippen LogP contribution in [0.2, 0.25) is 0 Å². The standard InChI is InChI=1S/C19H14F3NO2/c1-10-7-11(2)17-13(8-10)14(18(24)25)9-16(23-17)12-5-3-4-6-15(12)19(20,21)22/h3-9H,1-2H3,(H,24,25). The number of nitrogens with zero attached hydrogens (tertiary/aromatic N) is 1. The Morgan fingerprint density at radius 1 is 1.08 bits per heavy atom. The molecule has 128 valence electrons. The minimum absolute atomic E-state index is 0.00946. The van der Waals surface area contributed by atoms with Crippen LogP contribution in [0, 0.1) is 13.8 Å². The Morgan fingerprint density at radius 3 is 2.40 bits per heavy atom. The van der Waals surface area contributed by atoms with Gasteiger partial charge < -0.3 is 5.11 Å². The highest BCUT2D eigenvalue weighted by atomic mass is 19.4. The highest BCUT2D eigenvalue weighted by Gasteiger charge is 2.34. The minimum atomic E-state index is -4.56. The summed E-state index contributed by atoms with van der Waals surface area (Å²) < 4.78 is 39.9. The van der Waals surface area contributed by atoms with Crippen LogP contribution in [0.25, 0.3) is 22.2 Å². The summed E-state index contributed by atoms with van der Waals surface area (Å²) in [6.45, 7) is 3.58. The number of alkyl halides is 3. The van der Waals surface area contributed by atoms with Crippen molar-refractivity contribution < 1.29 is 23.1 Å². The van der Waals surface area contributed by atoms with E-state index in [0.717, 1.165) is 11.6 Å². The van der Waals surface area contributed by atoms with Crippen LogP contribution >= 0.6 is 0 Å². The highest BCUT2D eigenvalue weighted by molar-refractivity contribution is 6.04. The first kappa shape index (κ1) is 17.0. The van der Waals surface area contributed by atoms with Crippen LogP contribution < -0.4 is 0 Å². The van der Waals surface area contributed by atoms with Crippen LogP contribution in [0.4, 0.5) is 13.2 Å². The van der Waals surface area contributed by atoms with Gasteiger partial charge in [-0.05, 0) is 37.6 Å². The lowest BCUT2D eigenvalue weighted by atomic mass is 9.98. The molecular weight excluding hydrogens is 331 g/mol. The molecule has 0 aliphatic heterocycles. The Kier molecular flexibility index (Phi) is 3.99. The molecule has 3 nitrogen and oxygen atoms in total. The molecule has 2 aromatic carbocycles. The third kappa shape index (κ3) is 3.07. The van der Waals surface area contributed by atoms with Crippen molar-refractivity contribution in [3.8, 4) is 11.3 Å². The fourth-order valence-electron chi connectivity index (χ4n) is 2.95. The molecule has 0 fully saturated rings. The van der Waals surface area contributed by atoms with Gasteiger partial charge in [0.25, 0.3) is 0 Å². The van der Waals surface area contributed by atoms with E-state index in [1.807, 2.05) is 13.0 Å². The fourth-order valence-corrected chi connectivity index (χ4v) is 2.95. The molecule has 1 aromatic heterocycles. The van der Waals surface area contributed by atoms with Crippen molar-refractivity contribution in [3.63, 3.8) is 0 Å². The number of carbonyl (C=O) groups is 1. The third-order valence-electron chi connectivity index (χ3n) is 3.99. The van der Waals surface area contributed by atoms with E-state index in [2.05, 4.69) is 4.98 Å². The van der Waals surface area contributed by atoms with Gasteiger partial charge >= 0.3 is 12.1 Å². The molecule has 0 radical (unpaired) electrons. The molecular formula is C19H14F3NO2. The molecule has 0 spiro atoms. The van der Waals surface area contributed by atoms with E-state index in [0.29, 0.717) is 16.5 Å². The summed E-state index contributed by atoms with van der Waals surface area (Å²) in [5.74, 6) is -1.21. The van der Waals surface area contributed by atoms with E-state index < -0.39 is 17.7 Å². The second-order valence-electron chi connectivity index (χ2n) is 5.88. The molecule has 1 heterocycles. The monoisotopic (exact) mass is 345 g/mol. The van der Waals surface area contributed by atoms with Gasteiger partial charge in [-0.25, -0.2) is 9.78 Å². The van der Waals surface area contributed by atoms with Gasteiger partial charge in [0, 0.05) is 10.9 Å². The zero-order valence-electron chi connectivity index (χ0n) is 13.5. The van der Waals surface area contributed by atoms with Crippen molar-refractivity contribution in [1.82, 2.24) is 4.98 Å². The lowest BCUT2D eigenvalue weighted by molar-refractivity contribution is -0.137. The Morgan fingerprint density at radius 2 is 1.76 bits per heavy atom. The molecule has 0 aliphatic rings. The summed E-state index contributed by atoms with van der Waals surface area (Å²) in [6, 6.07) is 9.72. The van der Waals surface area contributed by atoms with Crippen molar-refractivity contribution >= 4 is 16.9 Å². The molecule has 0 unspecified atom stereocenters. The lowest BCUT2D eigenvalue weighted by Crippen LogP contribution is -2.08. The first-order valence-electron chi connectivity index (χ1n) is 7.50. The molecule has 0 aliphatic carbocycles. The number of carboxylic acids is 1. The van der Waals surface area contributed by atoms with Crippen molar-refractivity contribution in [3.05, 3.63) is 64.7 Å². The number of pyridine rings is 1. The maximum Gasteiger partial charge on any atom is 0.417 e. The van der Waals surface area contributed by atoms with E-state index in [1.54, 1.807) is 13.0 Å². The van der Waals surface area contributed by atoms with E-state index >= 15 is 0 Å². The van der Waals surface area contributed by atoms with Crippen LogP contribution in [0.15, 0.2) is 42.5 Å². The van der Waals surface area contributed by atoms with Crippen molar-refractivity contribution in [2.24, 2.45) is 0 Å². The fraction of sp³-hybridized carbons (Fsp3) is 0.158. The lowest BCUT2D eigenvalue weighted by Gasteiger charge is -2.14. The molecule has 0 saturated carbocycles. The zero-order valence-corrected chi connectivity index (χ0v) is 13.5. The summed E-state index contributed by atoms with van der Waals surface area (Å²) in [4.78, 5) is 16.0. The number of rotatable bonds is 2. The first-order valence-corrected chi connectivity index (χ1v) is 7.50. The summed E-state index contributed by atoms with van der Waals surface area (Å²) in [5, 5.41) is 9.93. The van der Waals surface area contributed by atoms with Gasteiger partial charge in [-0.3, -0.25) is 0 Å². The number of carboxylic acid groups (broad SMARTS) is 1. The highest BCUT2D eigenvalue weighted by Crippen LogP contribution is 2.37. The van der Waals surface area contributed by atoms with Crippen molar-refractivity contribution in [1.29, 1.82) is 0 Å². The number of fused-ring (bicyclic) bond motifs is 1. The SMILES string of the molecule is Cc1cc(C)c2nc(-c3ccccc3C(F)(F)F)cc(C(=O)O)c2c1. The average molecular weight is 345 g/mol. The van der Waals surface area contributed by atoms with Crippen LogP contribution in [0.1, 0.15) is 27.0 Å². The summed E-state index contributed by atoms with van der Waals surface area (Å²) in [6.07, 6.45) is -4.56. The Bertz CT molecular complexity index is 994. The average Bonchev–Trinajstić information content (AvgIpc) is 2.53. The normalized spacial score (nSPS) is 11.7. The molecule has 0 saturated heterocycles. The van der Waals surface area contributed by atoms with Gasteiger partial charge in [0.2, 0.25) is 0 Å². The van der Waals surface area contributed by atoms with Crippen LogP contribution in [0.5, 0.6) is 0 Å². The number of aromatic nitrogens is 1. The second-order valence-corrected chi connectivity index (χ2v) is 5.88. The number of hydrogen-bond donors (Lipinski definition) is 1. The number of halogens is 3.